The van der Waals surface area contributed by atoms with Gasteiger partial charge in [-0.3, -0.25) is 0 Å². The van der Waals surface area contributed by atoms with E-state index in [1.807, 2.05) is 0 Å². The summed E-state index contributed by atoms with van der Waals surface area (Å²) < 4.78 is 40.3. The van der Waals surface area contributed by atoms with Crippen LogP contribution in [-0.2, 0) is 10.0 Å². The fourth-order valence-corrected chi connectivity index (χ4v) is 5.04. The SMILES string of the molecule is Cl.NC1CCC2CN(S(=O)(=O)c3ccc(Br)c(F)c3)CC12. The minimum absolute atomic E-state index is 0. The number of hydrogen-bond donors (Lipinski definition) is 1. The Kier molecular flexibility index (Phi) is 5.00. The maximum Gasteiger partial charge on any atom is 0.243 e. The summed E-state index contributed by atoms with van der Waals surface area (Å²) in [6.45, 7) is 0.949. The number of benzene rings is 1. The molecule has 3 rings (SSSR count). The van der Waals surface area contributed by atoms with E-state index >= 15 is 0 Å². The second kappa shape index (κ2) is 6.12. The van der Waals surface area contributed by atoms with Gasteiger partial charge in [-0.15, -0.1) is 12.4 Å². The van der Waals surface area contributed by atoms with Crippen LogP contribution in [0.3, 0.4) is 0 Å². The summed E-state index contributed by atoms with van der Waals surface area (Å²) >= 11 is 3.03. The van der Waals surface area contributed by atoms with Crippen LogP contribution in [0, 0.1) is 17.7 Å². The number of halogens is 3. The predicted molar refractivity (Wildman–Crippen MR) is 84.3 cm³/mol. The molecule has 0 bridgehead atoms. The van der Waals surface area contributed by atoms with Gasteiger partial charge in [0.25, 0.3) is 0 Å². The average molecular weight is 400 g/mol. The smallest absolute Gasteiger partial charge is 0.243 e. The van der Waals surface area contributed by atoms with Crippen LogP contribution in [0.1, 0.15) is 12.8 Å². The number of nitrogens with two attached hydrogens (primary N) is 1. The molecule has 21 heavy (non-hydrogen) atoms. The molecule has 1 aliphatic carbocycles. The van der Waals surface area contributed by atoms with Crippen LogP contribution < -0.4 is 5.73 Å². The lowest BCUT2D eigenvalue weighted by Gasteiger charge is -2.18. The van der Waals surface area contributed by atoms with Gasteiger partial charge in [-0.05, 0) is 58.8 Å². The summed E-state index contributed by atoms with van der Waals surface area (Å²) in [4.78, 5) is 0.00625. The molecule has 2 aliphatic rings. The molecule has 2 N–H and O–H groups in total. The maximum absolute atomic E-state index is 13.5. The first-order chi connectivity index (χ1) is 9.39. The first-order valence-corrected chi connectivity index (χ1v) is 8.83. The number of nitrogens with zero attached hydrogens (tertiary/aromatic N) is 1. The van der Waals surface area contributed by atoms with Gasteiger partial charge in [0.05, 0.1) is 9.37 Å². The van der Waals surface area contributed by atoms with Gasteiger partial charge in [0.2, 0.25) is 10.0 Å². The van der Waals surface area contributed by atoms with Crippen LogP contribution in [0.15, 0.2) is 27.6 Å². The van der Waals surface area contributed by atoms with Crippen molar-refractivity contribution in [1.82, 2.24) is 4.31 Å². The van der Waals surface area contributed by atoms with E-state index in [0.29, 0.717) is 19.0 Å². The van der Waals surface area contributed by atoms with Gasteiger partial charge in [-0.25, -0.2) is 12.8 Å². The zero-order valence-electron chi connectivity index (χ0n) is 11.2. The standard InChI is InChI=1S/C13H16BrFN2O2S.ClH/c14-11-3-2-9(5-12(11)15)20(18,19)17-6-8-1-4-13(16)10(8)7-17;/h2-3,5,8,10,13H,1,4,6-7,16H2;1H. The molecule has 118 valence electrons. The van der Waals surface area contributed by atoms with Crippen LogP contribution in [0.4, 0.5) is 4.39 Å². The first-order valence-electron chi connectivity index (χ1n) is 6.60. The topological polar surface area (TPSA) is 63.4 Å². The minimum atomic E-state index is -3.63. The molecule has 1 aromatic carbocycles. The fraction of sp³-hybridized carbons (Fsp3) is 0.538. The lowest BCUT2D eigenvalue weighted by Crippen LogP contribution is -2.33. The monoisotopic (exact) mass is 398 g/mol. The molecule has 1 heterocycles. The van der Waals surface area contributed by atoms with Crippen LogP contribution in [0.5, 0.6) is 0 Å². The molecule has 0 spiro atoms. The second-order valence-electron chi connectivity index (χ2n) is 5.56. The van der Waals surface area contributed by atoms with Crippen LogP contribution in [0.25, 0.3) is 0 Å². The third-order valence-electron chi connectivity index (χ3n) is 4.41. The van der Waals surface area contributed by atoms with Crippen molar-refractivity contribution in [2.24, 2.45) is 17.6 Å². The van der Waals surface area contributed by atoms with Gasteiger partial charge in [0.15, 0.2) is 0 Å². The van der Waals surface area contributed by atoms with Gasteiger partial charge in [0.1, 0.15) is 5.82 Å². The van der Waals surface area contributed by atoms with Gasteiger partial charge in [-0.1, -0.05) is 0 Å². The van der Waals surface area contributed by atoms with Crippen LogP contribution >= 0.6 is 28.3 Å². The van der Waals surface area contributed by atoms with Crippen molar-refractivity contribution >= 4 is 38.4 Å². The van der Waals surface area contributed by atoms with Crippen molar-refractivity contribution in [3.8, 4) is 0 Å². The summed E-state index contributed by atoms with van der Waals surface area (Å²) in [5, 5.41) is 0. The molecule has 1 aliphatic heterocycles. The Balaban J connectivity index is 0.00000161. The zero-order valence-corrected chi connectivity index (χ0v) is 14.4. The fourth-order valence-electron chi connectivity index (χ4n) is 3.25. The van der Waals surface area contributed by atoms with Crippen molar-refractivity contribution in [2.75, 3.05) is 13.1 Å². The Morgan fingerprint density at radius 2 is 2.00 bits per heavy atom. The van der Waals surface area contributed by atoms with E-state index in [1.165, 1.54) is 16.4 Å². The van der Waals surface area contributed by atoms with Gasteiger partial charge < -0.3 is 5.73 Å². The number of fused-ring (bicyclic) bond motifs is 1. The molecule has 3 atom stereocenters. The highest BCUT2D eigenvalue weighted by molar-refractivity contribution is 9.10. The van der Waals surface area contributed by atoms with Crippen LogP contribution in [0.2, 0.25) is 0 Å². The predicted octanol–water partition coefficient (Wildman–Crippen LogP) is 2.37. The number of hydrogen-bond acceptors (Lipinski definition) is 3. The summed E-state index contributed by atoms with van der Waals surface area (Å²) in [5.74, 6) is 0.0207. The lowest BCUT2D eigenvalue weighted by molar-refractivity contribution is 0.426. The van der Waals surface area contributed by atoms with E-state index in [4.69, 9.17) is 5.73 Å². The Morgan fingerprint density at radius 1 is 1.29 bits per heavy atom. The third-order valence-corrected chi connectivity index (χ3v) is 6.88. The van der Waals surface area contributed by atoms with E-state index in [0.717, 1.165) is 18.9 Å². The summed E-state index contributed by atoms with van der Waals surface area (Å²) in [5.41, 5.74) is 6.02. The van der Waals surface area contributed by atoms with Crippen molar-refractivity contribution in [3.05, 3.63) is 28.5 Å². The molecule has 0 aromatic heterocycles. The molecule has 3 unspecified atom stereocenters. The highest BCUT2D eigenvalue weighted by Gasteiger charge is 2.45. The number of sulfonamides is 1. The molecule has 2 fully saturated rings. The molecule has 4 nitrogen and oxygen atoms in total. The average Bonchev–Trinajstić information content (AvgIpc) is 2.96. The molecule has 1 aromatic rings. The van der Waals surface area contributed by atoms with E-state index in [1.54, 1.807) is 0 Å². The Hall–Kier alpha value is -0.210. The highest BCUT2D eigenvalue weighted by Crippen LogP contribution is 2.39. The van der Waals surface area contributed by atoms with E-state index in [2.05, 4.69) is 15.9 Å². The van der Waals surface area contributed by atoms with Crippen molar-refractivity contribution in [3.63, 3.8) is 0 Å². The largest absolute Gasteiger partial charge is 0.327 e. The normalized spacial score (nSPS) is 29.2. The summed E-state index contributed by atoms with van der Waals surface area (Å²) in [6, 6.07) is 4.00. The lowest BCUT2D eigenvalue weighted by atomic mass is 9.98. The molecule has 1 saturated carbocycles. The van der Waals surface area contributed by atoms with Crippen molar-refractivity contribution in [1.29, 1.82) is 0 Å². The number of rotatable bonds is 2. The Morgan fingerprint density at radius 3 is 2.62 bits per heavy atom. The Labute approximate surface area is 138 Å². The highest BCUT2D eigenvalue weighted by atomic mass is 79.9. The van der Waals surface area contributed by atoms with E-state index < -0.39 is 15.8 Å². The molecule has 1 saturated heterocycles. The third kappa shape index (κ3) is 2.99. The quantitative estimate of drug-likeness (QED) is 0.830. The van der Waals surface area contributed by atoms with Gasteiger partial charge in [-0.2, -0.15) is 4.31 Å². The van der Waals surface area contributed by atoms with E-state index in [-0.39, 0.29) is 33.7 Å². The van der Waals surface area contributed by atoms with Gasteiger partial charge in [0, 0.05) is 19.1 Å². The maximum atomic E-state index is 13.5. The molecule has 0 radical (unpaired) electrons. The summed E-state index contributed by atoms with van der Waals surface area (Å²) in [6.07, 6.45) is 1.95. The van der Waals surface area contributed by atoms with Crippen molar-refractivity contribution < 1.29 is 12.8 Å². The molecule has 0 amide bonds. The van der Waals surface area contributed by atoms with E-state index in [9.17, 15) is 12.8 Å². The van der Waals surface area contributed by atoms with Gasteiger partial charge >= 0.3 is 0 Å². The Bertz CT molecular complexity index is 643. The van der Waals surface area contributed by atoms with Crippen LogP contribution in [-0.4, -0.2) is 31.9 Å². The summed E-state index contributed by atoms with van der Waals surface area (Å²) in [7, 11) is -3.63. The molecule has 8 heteroatoms. The molecular formula is C13H17BrClFN2O2S. The second-order valence-corrected chi connectivity index (χ2v) is 8.36. The zero-order chi connectivity index (χ0) is 14.5. The first kappa shape index (κ1) is 17.1. The minimum Gasteiger partial charge on any atom is -0.327 e. The van der Waals surface area contributed by atoms with Crippen molar-refractivity contribution in [2.45, 2.75) is 23.8 Å². The molecular weight excluding hydrogens is 383 g/mol.